The molecule has 2 aliphatic heterocycles. The summed E-state index contributed by atoms with van der Waals surface area (Å²) < 4.78 is 5.00. The quantitative estimate of drug-likeness (QED) is 0.0508. The lowest BCUT2D eigenvalue weighted by Gasteiger charge is -2.49. The fourth-order valence-electron chi connectivity index (χ4n) is 5.82. The van der Waals surface area contributed by atoms with Crippen molar-refractivity contribution in [2.24, 2.45) is 5.16 Å². The second kappa shape index (κ2) is 14.2. The van der Waals surface area contributed by atoms with Crippen LogP contribution < -0.4 is 16.0 Å². The fraction of sp³-hybridized carbons (Fsp3) is 0.176. The standard InChI is InChI=1S/C34H30N6O7S2/c1-35-33(45)47-17-20-18-48-30-26(29(42)40(30)27(20)31(43)44)37-28(41)25(39-46)24-19-49-32(36-24)38-34(21-11-5-2-6-12-21,22-13-7-3-8-14-22)23-15-9-4-10-16-23/h2-16,19,26,30,46H,17-18H2,1H3,(H,35,45)(H,36,38)(H,37,41)(H,43,44)/b39-25-/t26-,30-/m1/s1. The van der Waals surface area contributed by atoms with Crippen LogP contribution in [-0.4, -0.2) is 80.6 Å². The molecule has 3 heterocycles. The van der Waals surface area contributed by atoms with Crippen molar-refractivity contribution >= 4 is 57.8 Å². The summed E-state index contributed by atoms with van der Waals surface area (Å²) in [6.45, 7) is -0.316. The molecule has 2 atom stereocenters. The van der Waals surface area contributed by atoms with Crippen LogP contribution >= 0.6 is 23.1 Å². The lowest BCUT2D eigenvalue weighted by atomic mass is 9.77. The van der Waals surface area contributed by atoms with Gasteiger partial charge in [-0.05, 0) is 16.7 Å². The molecule has 49 heavy (non-hydrogen) atoms. The molecule has 6 rings (SSSR count). The molecule has 0 spiro atoms. The smallest absolute Gasteiger partial charge is 0.407 e. The Labute approximate surface area is 288 Å². The molecule has 3 aromatic carbocycles. The number of fused-ring (bicyclic) bond motifs is 1. The molecule has 3 amide bonds. The van der Waals surface area contributed by atoms with Crippen LogP contribution in [0.4, 0.5) is 9.93 Å². The third-order valence-electron chi connectivity index (χ3n) is 8.09. The number of β-lactam (4-membered cyclic amide) rings is 1. The Bertz CT molecular complexity index is 1840. The zero-order chi connectivity index (χ0) is 34.5. The molecule has 13 nitrogen and oxygen atoms in total. The van der Waals surface area contributed by atoms with Gasteiger partial charge in [0.1, 0.15) is 35.0 Å². The average Bonchev–Trinajstić information content (AvgIpc) is 3.60. The van der Waals surface area contributed by atoms with Gasteiger partial charge >= 0.3 is 12.1 Å². The van der Waals surface area contributed by atoms with Crippen molar-refractivity contribution in [3.63, 3.8) is 0 Å². The number of carboxylic acids is 1. The largest absolute Gasteiger partial charge is 0.477 e. The average molecular weight is 699 g/mol. The van der Waals surface area contributed by atoms with Gasteiger partial charge in [0.15, 0.2) is 10.8 Å². The first-order valence-electron chi connectivity index (χ1n) is 15.0. The van der Waals surface area contributed by atoms with Crippen molar-refractivity contribution in [3.05, 3.63) is 130 Å². The van der Waals surface area contributed by atoms with Crippen molar-refractivity contribution in [2.45, 2.75) is 17.0 Å². The van der Waals surface area contributed by atoms with Crippen molar-refractivity contribution in [3.8, 4) is 0 Å². The number of nitrogens with zero attached hydrogens (tertiary/aromatic N) is 3. The van der Waals surface area contributed by atoms with Crippen LogP contribution in [0, 0.1) is 0 Å². The summed E-state index contributed by atoms with van der Waals surface area (Å²) in [6.07, 6.45) is -0.744. The predicted octanol–water partition coefficient (Wildman–Crippen LogP) is 3.82. The highest BCUT2D eigenvalue weighted by molar-refractivity contribution is 8.00. The van der Waals surface area contributed by atoms with Gasteiger partial charge in [-0.2, -0.15) is 0 Å². The molecule has 0 bridgehead atoms. The van der Waals surface area contributed by atoms with Crippen LogP contribution in [0.15, 0.2) is 113 Å². The number of carbonyl (C=O) groups is 4. The monoisotopic (exact) mass is 698 g/mol. The van der Waals surface area contributed by atoms with Crippen LogP contribution in [0.25, 0.3) is 0 Å². The minimum Gasteiger partial charge on any atom is -0.477 e. The van der Waals surface area contributed by atoms with Crippen LogP contribution in [-0.2, 0) is 24.7 Å². The number of thiazole rings is 1. The summed E-state index contributed by atoms with van der Waals surface area (Å²) in [6, 6.07) is 28.5. The van der Waals surface area contributed by atoms with Crippen LogP contribution in [0.3, 0.4) is 0 Å². The Morgan fingerprint density at radius 2 is 1.55 bits per heavy atom. The van der Waals surface area contributed by atoms with Crippen molar-refractivity contribution < 1.29 is 34.2 Å². The number of aliphatic carboxylic acids is 1. The molecule has 0 radical (unpaired) electrons. The number of anilines is 1. The van der Waals surface area contributed by atoms with Crippen molar-refractivity contribution in [1.29, 1.82) is 0 Å². The lowest BCUT2D eigenvalue weighted by Crippen LogP contribution is -2.71. The van der Waals surface area contributed by atoms with Gasteiger partial charge in [-0.15, -0.1) is 23.1 Å². The maximum Gasteiger partial charge on any atom is 0.407 e. The normalized spacial score (nSPS) is 17.4. The topological polar surface area (TPSA) is 183 Å². The van der Waals surface area contributed by atoms with Crippen LogP contribution in [0.2, 0.25) is 0 Å². The highest BCUT2D eigenvalue weighted by Gasteiger charge is 2.54. The molecular weight excluding hydrogens is 669 g/mol. The zero-order valence-corrected chi connectivity index (χ0v) is 27.5. The number of hydrogen-bond acceptors (Lipinski definition) is 11. The maximum atomic E-state index is 13.4. The van der Waals surface area contributed by atoms with Gasteiger partial charge in [0, 0.05) is 23.8 Å². The third-order valence-corrected chi connectivity index (χ3v) is 10.2. The van der Waals surface area contributed by atoms with Gasteiger partial charge in [-0.1, -0.05) is 96.2 Å². The van der Waals surface area contributed by atoms with E-state index in [9.17, 15) is 29.5 Å². The van der Waals surface area contributed by atoms with E-state index in [0.717, 1.165) is 21.6 Å². The first kappa shape index (κ1) is 33.2. The van der Waals surface area contributed by atoms with Gasteiger partial charge < -0.3 is 31.0 Å². The lowest BCUT2D eigenvalue weighted by molar-refractivity contribution is -0.150. The first-order chi connectivity index (χ1) is 23.8. The number of hydrogen-bond donors (Lipinski definition) is 5. The summed E-state index contributed by atoms with van der Waals surface area (Å²) in [5, 5.41) is 32.7. The Hall–Kier alpha value is -5.67. The van der Waals surface area contributed by atoms with E-state index in [2.05, 4.69) is 26.1 Å². The van der Waals surface area contributed by atoms with E-state index in [0.29, 0.717) is 5.13 Å². The van der Waals surface area contributed by atoms with E-state index in [1.165, 1.54) is 30.1 Å². The van der Waals surface area contributed by atoms with Gasteiger partial charge in [-0.3, -0.25) is 14.5 Å². The summed E-state index contributed by atoms with van der Waals surface area (Å²) >= 11 is 2.41. The van der Waals surface area contributed by atoms with E-state index in [-0.39, 0.29) is 29.3 Å². The third kappa shape index (κ3) is 6.33. The number of carbonyl (C=O) groups excluding carboxylic acids is 3. The van der Waals surface area contributed by atoms with Gasteiger partial charge in [-0.25, -0.2) is 14.6 Å². The molecule has 15 heteroatoms. The molecule has 4 aromatic rings. The van der Waals surface area contributed by atoms with Crippen LogP contribution in [0.1, 0.15) is 22.4 Å². The molecule has 0 aliphatic carbocycles. The molecule has 5 N–H and O–H groups in total. The number of rotatable bonds is 11. The highest BCUT2D eigenvalue weighted by Crippen LogP contribution is 2.42. The maximum absolute atomic E-state index is 13.4. The van der Waals surface area contributed by atoms with E-state index < -0.39 is 46.5 Å². The summed E-state index contributed by atoms with van der Waals surface area (Å²) in [5.41, 5.74) is 1.51. The van der Waals surface area contributed by atoms with Gasteiger partial charge in [0.2, 0.25) is 0 Å². The summed E-state index contributed by atoms with van der Waals surface area (Å²) in [7, 11) is 1.37. The second-order valence-electron chi connectivity index (χ2n) is 10.9. The van der Waals surface area contributed by atoms with E-state index in [1.54, 1.807) is 5.38 Å². The Balaban J connectivity index is 1.24. The molecule has 2 aliphatic rings. The number of carboxylic acid groups (broad SMARTS) is 1. The number of aromatic nitrogens is 1. The van der Waals surface area contributed by atoms with Gasteiger partial charge in [0.05, 0.1) is 0 Å². The van der Waals surface area contributed by atoms with E-state index in [4.69, 9.17) is 4.74 Å². The molecular formula is C34H30N6O7S2. The zero-order valence-electron chi connectivity index (χ0n) is 25.9. The van der Waals surface area contributed by atoms with Crippen molar-refractivity contribution in [2.75, 3.05) is 24.7 Å². The minimum absolute atomic E-state index is 0.0651. The number of benzene rings is 3. The second-order valence-corrected chi connectivity index (χ2v) is 12.9. The molecule has 0 unspecified atom stereocenters. The number of nitrogens with one attached hydrogen (secondary N) is 3. The Morgan fingerprint density at radius 1 is 0.980 bits per heavy atom. The SMILES string of the molecule is CNC(=O)OCC1=C(C(=O)O)N2C(=O)[C@@H](NC(=O)/C(=N\O)c3csc(NC(c4ccccc4)(c4ccccc4)c4ccccc4)n3)[C@H]2SC1. The predicted molar refractivity (Wildman–Crippen MR) is 183 cm³/mol. The molecule has 1 fully saturated rings. The van der Waals surface area contributed by atoms with E-state index >= 15 is 0 Å². The molecule has 1 aromatic heterocycles. The minimum atomic E-state index is -1.36. The Kier molecular flexibility index (Phi) is 9.64. The Morgan fingerprint density at radius 3 is 2.06 bits per heavy atom. The molecule has 1 saturated heterocycles. The number of alkyl carbamates (subject to hydrolysis) is 1. The van der Waals surface area contributed by atoms with Crippen molar-refractivity contribution in [1.82, 2.24) is 20.5 Å². The number of amides is 3. The highest BCUT2D eigenvalue weighted by atomic mass is 32.2. The number of ether oxygens (including phenoxy) is 1. The van der Waals surface area contributed by atoms with Gasteiger partial charge in [0.25, 0.3) is 11.8 Å². The number of oxime groups is 1. The molecule has 250 valence electrons. The van der Waals surface area contributed by atoms with E-state index in [1.807, 2.05) is 91.0 Å². The van der Waals surface area contributed by atoms with Crippen LogP contribution in [0.5, 0.6) is 0 Å². The number of thioether (sulfide) groups is 1. The summed E-state index contributed by atoms with van der Waals surface area (Å²) in [4.78, 5) is 55.9. The fourth-order valence-corrected chi connectivity index (χ4v) is 7.90. The summed E-state index contributed by atoms with van der Waals surface area (Å²) in [5.74, 6) is -2.76. The first-order valence-corrected chi connectivity index (χ1v) is 16.9. The molecule has 0 saturated carbocycles.